The van der Waals surface area contributed by atoms with Gasteiger partial charge in [-0.1, -0.05) is 12.8 Å². The van der Waals surface area contributed by atoms with Crippen LogP contribution in [0.5, 0.6) is 0 Å². The SMILES string of the molecule is N[C@H](CCCCB(O)O)CCN1CCC(O)CC1. The molecule has 5 nitrogen and oxygen atoms in total. The first kappa shape index (κ1) is 15.9. The first-order valence-electron chi connectivity index (χ1n) is 7.10. The number of aliphatic hydroxyl groups excluding tert-OH is 1. The van der Waals surface area contributed by atoms with Gasteiger partial charge in [0.15, 0.2) is 0 Å². The van der Waals surface area contributed by atoms with Crippen molar-refractivity contribution in [2.45, 2.75) is 57.0 Å². The highest BCUT2D eigenvalue weighted by molar-refractivity contribution is 6.40. The topological polar surface area (TPSA) is 90.0 Å². The molecule has 0 amide bonds. The van der Waals surface area contributed by atoms with Crippen molar-refractivity contribution in [3.05, 3.63) is 0 Å². The highest BCUT2D eigenvalue weighted by Crippen LogP contribution is 2.12. The molecule has 1 aliphatic rings. The Morgan fingerprint density at radius 2 is 1.83 bits per heavy atom. The lowest BCUT2D eigenvalue weighted by molar-refractivity contribution is 0.0811. The number of nitrogens with two attached hydrogens (primary N) is 1. The molecule has 0 aromatic carbocycles. The second-order valence-electron chi connectivity index (χ2n) is 5.39. The summed E-state index contributed by atoms with van der Waals surface area (Å²) in [5.74, 6) is 0. The fourth-order valence-corrected chi connectivity index (χ4v) is 2.37. The fraction of sp³-hybridized carbons (Fsp3) is 1.00. The van der Waals surface area contributed by atoms with Crippen LogP contribution in [0, 0.1) is 0 Å². The monoisotopic (exact) mass is 258 g/mol. The zero-order chi connectivity index (χ0) is 13.4. The lowest BCUT2D eigenvalue weighted by Gasteiger charge is -2.30. The van der Waals surface area contributed by atoms with E-state index in [0.29, 0.717) is 6.32 Å². The number of hydrogen-bond donors (Lipinski definition) is 4. The van der Waals surface area contributed by atoms with Crippen LogP contribution in [0.3, 0.4) is 0 Å². The van der Waals surface area contributed by atoms with Crippen LogP contribution >= 0.6 is 0 Å². The van der Waals surface area contributed by atoms with Crippen molar-refractivity contribution < 1.29 is 15.2 Å². The number of hydrogen-bond acceptors (Lipinski definition) is 5. The van der Waals surface area contributed by atoms with Crippen LogP contribution in [0.1, 0.15) is 38.5 Å². The fourth-order valence-electron chi connectivity index (χ4n) is 2.37. The maximum absolute atomic E-state index is 9.40. The summed E-state index contributed by atoms with van der Waals surface area (Å²) in [7, 11) is -1.18. The van der Waals surface area contributed by atoms with Crippen LogP contribution < -0.4 is 5.73 Å². The Bertz CT molecular complexity index is 211. The molecule has 0 bridgehead atoms. The Labute approximate surface area is 110 Å². The van der Waals surface area contributed by atoms with E-state index in [1.54, 1.807) is 0 Å². The molecule has 1 fully saturated rings. The summed E-state index contributed by atoms with van der Waals surface area (Å²) in [5, 5.41) is 26.8. The highest BCUT2D eigenvalue weighted by atomic mass is 16.4. The van der Waals surface area contributed by atoms with E-state index in [4.69, 9.17) is 15.8 Å². The normalized spacial score (nSPS) is 20.0. The number of piperidine rings is 1. The zero-order valence-electron chi connectivity index (χ0n) is 11.2. The molecule has 5 N–H and O–H groups in total. The minimum atomic E-state index is -1.18. The molecule has 0 radical (unpaired) electrons. The van der Waals surface area contributed by atoms with Crippen molar-refractivity contribution >= 4 is 7.12 Å². The van der Waals surface area contributed by atoms with Gasteiger partial charge >= 0.3 is 7.12 Å². The Morgan fingerprint density at radius 3 is 2.44 bits per heavy atom. The molecule has 1 atom stereocenters. The summed E-state index contributed by atoms with van der Waals surface area (Å²) in [6.07, 6.45) is 5.80. The van der Waals surface area contributed by atoms with E-state index in [1.165, 1.54) is 0 Å². The van der Waals surface area contributed by atoms with Gasteiger partial charge in [0, 0.05) is 19.1 Å². The van der Waals surface area contributed by atoms with Crippen LogP contribution in [-0.4, -0.2) is 59.0 Å². The lowest BCUT2D eigenvalue weighted by Crippen LogP contribution is -2.38. The van der Waals surface area contributed by atoms with Gasteiger partial charge in [0.1, 0.15) is 0 Å². The molecule has 0 aromatic rings. The van der Waals surface area contributed by atoms with Gasteiger partial charge in [0.25, 0.3) is 0 Å². The van der Waals surface area contributed by atoms with Crippen molar-refractivity contribution in [3.8, 4) is 0 Å². The van der Waals surface area contributed by atoms with E-state index < -0.39 is 7.12 Å². The summed E-state index contributed by atoms with van der Waals surface area (Å²) in [6.45, 7) is 2.96. The van der Waals surface area contributed by atoms with Crippen LogP contribution in [0.2, 0.25) is 6.32 Å². The first-order chi connectivity index (χ1) is 8.58. The third-order valence-electron chi connectivity index (χ3n) is 3.66. The molecule has 0 spiro atoms. The maximum Gasteiger partial charge on any atom is 0.451 e. The molecule has 1 rings (SSSR count). The number of aliphatic hydroxyl groups is 1. The third kappa shape index (κ3) is 7.33. The van der Waals surface area contributed by atoms with Crippen LogP contribution in [-0.2, 0) is 0 Å². The second-order valence-corrected chi connectivity index (χ2v) is 5.39. The van der Waals surface area contributed by atoms with Crippen LogP contribution in [0.25, 0.3) is 0 Å². The molecule has 18 heavy (non-hydrogen) atoms. The van der Waals surface area contributed by atoms with Crippen molar-refractivity contribution in [2.24, 2.45) is 5.73 Å². The molecule has 6 heteroatoms. The highest BCUT2D eigenvalue weighted by Gasteiger charge is 2.17. The molecule has 1 saturated heterocycles. The predicted molar refractivity (Wildman–Crippen MR) is 73.1 cm³/mol. The average Bonchev–Trinajstić information content (AvgIpc) is 2.34. The lowest BCUT2D eigenvalue weighted by atomic mass is 9.83. The Morgan fingerprint density at radius 1 is 1.17 bits per heavy atom. The Kier molecular flexibility index (Phi) is 7.85. The average molecular weight is 258 g/mol. The summed E-state index contributed by atoms with van der Waals surface area (Å²) >= 11 is 0. The van der Waals surface area contributed by atoms with E-state index in [2.05, 4.69) is 4.90 Å². The first-order valence-corrected chi connectivity index (χ1v) is 7.10. The molecule has 1 aliphatic heterocycles. The van der Waals surface area contributed by atoms with E-state index in [0.717, 1.165) is 58.2 Å². The Balaban J connectivity index is 1.97. The summed E-state index contributed by atoms with van der Waals surface area (Å²) < 4.78 is 0. The number of unbranched alkanes of at least 4 members (excludes halogenated alkanes) is 1. The molecule has 106 valence electrons. The molecular weight excluding hydrogens is 231 g/mol. The summed E-state index contributed by atoms with van der Waals surface area (Å²) in [4.78, 5) is 2.37. The van der Waals surface area contributed by atoms with Gasteiger partial charge < -0.3 is 25.8 Å². The van der Waals surface area contributed by atoms with Crippen molar-refractivity contribution in [2.75, 3.05) is 19.6 Å². The number of nitrogens with zero attached hydrogens (tertiary/aromatic N) is 1. The molecule has 0 saturated carbocycles. The van der Waals surface area contributed by atoms with Gasteiger partial charge in [0.05, 0.1) is 6.10 Å². The minimum absolute atomic E-state index is 0.111. The quantitative estimate of drug-likeness (QED) is 0.358. The molecule has 0 aliphatic carbocycles. The zero-order valence-corrected chi connectivity index (χ0v) is 11.2. The molecule has 0 aromatic heterocycles. The van der Waals surface area contributed by atoms with Gasteiger partial charge in [-0.25, -0.2) is 0 Å². The van der Waals surface area contributed by atoms with E-state index in [9.17, 15) is 5.11 Å². The van der Waals surface area contributed by atoms with Crippen molar-refractivity contribution in [3.63, 3.8) is 0 Å². The standard InChI is InChI=1S/C12H27BN2O3/c14-11(3-1-2-7-13(17)18)4-8-15-9-5-12(16)6-10-15/h11-12,16-18H,1-10,14H2/t11-/m1/s1. The summed E-state index contributed by atoms with van der Waals surface area (Å²) in [5.41, 5.74) is 6.03. The predicted octanol–water partition coefficient (Wildman–Crippen LogP) is -0.196. The maximum atomic E-state index is 9.40. The van der Waals surface area contributed by atoms with E-state index in [-0.39, 0.29) is 12.1 Å². The van der Waals surface area contributed by atoms with Gasteiger partial charge in [-0.15, -0.1) is 0 Å². The van der Waals surface area contributed by atoms with E-state index in [1.807, 2.05) is 0 Å². The van der Waals surface area contributed by atoms with E-state index >= 15 is 0 Å². The van der Waals surface area contributed by atoms with Crippen molar-refractivity contribution in [1.82, 2.24) is 4.90 Å². The third-order valence-corrected chi connectivity index (χ3v) is 3.66. The van der Waals surface area contributed by atoms with Gasteiger partial charge in [-0.3, -0.25) is 0 Å². The second kappa shape index (κ2) is 8.88. The number of likely N-dealkylation sites (tertiary alicyclic amines) is 1. The summed E-state index contributed by atoms with van der Waals surface area (Å²) in [6, 6.07) is 0.202. The largest absolute Gasteiger partial charge is 0.451 e. The van der Waals surface area contributed by atoms with Crippen molar-refractivity contribution in [1.29, 1.82) is 0 Å². The van der Waals surface area contributed by atoms with Crippen LogP contribution in [0.4, 0.5) is 0 Å². The molecule has 1 heterocycles. The number of rotatable bonds is 8. The molecule has 0 unspecified atom stereocenters. The van der Waals surface area contributed by atoms with Gasteiger partial charge in [-0.05, 0) is 38.5 Å². The van der Waals surface area contributed by atoms with Gasteiger partial charge in [-0.2, -0.15) is 0 Å². The Hall–Kier alpha value is -0.135. The van der Waals surface area contributed by atoms with Gasteiger partial charge in [0.2, 0.25) is 0 Å². The van der Waals surface area contributed by atoms with Crippen LogP contribution in [0.15, 0.2) is 0 Å². The molecular formula is C12H27BN2O3. The smallest absolute Gasteiger partial charge is 0.427 e. The minimum Gasteiger partial charge on any atom is -0.427 e.